The second-order valence-electron chi connectivity index (χ2n) is 3.12. The summed E-state index contributed by atoms with van der Waals surface area (Å²) in [5.41, 5.74) is 0. The monoisotopic (exact) mass is 250 g/mol. The maximum absolute atomic E-state index is 13.1. The van der Waals surface area contributed by atoms with E-state index in [0.29, 0.717) is 19.3 Å². The van der Waals surface area contributed by atoms with Crippen molar-refractivity contribution in [2.75, 3.05) is 38.8 Å². The molecule has 96 valence electrons. The minimum Gasteiger partial charge on any atom is -0.382 e. The zero-order valence-electron chi connectivity index (χ0n) is 9.30. The molecule has 1 heterocycles. The van der Waals surface area contributed by atoms with E-state index < -0.39 is 17.6 Å². The van der Waals surface area contributed by atoms with Crippen LogP contribution in [0.3, 0.4) is 0 Å². The summed E-state index contributed by atoms with van der Waals surface area (Å²) in [7, 11) is 1.54. The van der Waals surface area contributed by atoms with E-state index in [1.807, 2.05) is 0 Å². The van der Waals surface area contributed by atoms with Gasteiger partial charge in [-0.25, -0.2) is 8.78 Å². The van der Waals surface area contributed by atoms with Crippen LogP contribution < -0.4 is 5.32 Å². The summed E-state index contributed by atoms with van der Waals surface area (Å²) < 4.78 is 48.1. The van der Waals surface area contributed by atoms with Crippen LogP contribution in [0.1, 0.15) is 0 Å². The summed E-state index contributed by atoms with van der Waals surface area (Å²) in [6.07, 6.45) is 0. The first-order chi connectivity index (χ1) is 8.15. The number of ether oxygens (including phenoxy) is 2. The van der Waals surface area contributed by atoms with Crippen LogP contribution in [0, 0.1) is 17.6 Å². The van der Waals surface area contributed by atoms with Gasteiger partial charge in [0.2, 0.25) is 0 Å². The Morgan fingerprint density at radius 1 is 1.18 bits per heavy atom. The third kappa shape index (κ3) is 4.58. The molecule has 4 nitrogen and oxygen atoms in total. The van der Waals surface area contributed by atoms with Gasteiger partial charge in [-0.15, -0.1) is 0 Å². The smallest absolute Gasteiger partial charge is 0.251 e. The molecule has 0 fully saturated rings. The molecule has 0 atom stereocenters. The summed E-state index contributed by atoms with van der Waals surface area (Å²) in [5.74, 6) is -3.93. The molecule has 1 aromatic heterocycles. The van der Waals surface area contributed by atoms with Gasteiger partial charge in [-0.1, -0.05) is 0 Å². The lowest BCUT2D eigenvalue weighted by Gasteiger charge is -2.07. The molecule has 17 heavy (non-hydrogen) atoms. The van der Waals surface area contributed by atoms with E-state index in [0.717, 1.165) is 0 Å². The van der Waals surface area contributed by atoms with E-state index in [2.05, 4.69) is 10.3 Å². The predicted molar refractivity (Wildman–Crippen MR) is 55.3 cm³/mol. The van der Waals surface area contributed by atoms with Gasteiger partial charge in [-0.3, -0.25) is 0 Å². The number of nitrogens with one attached hydrogen (secondary N) is 1. The highest BCUT2D eigenvalue weighted by Crippen LogP contribution is 2.13. The molecule has 0 spiro atoms. The molecule has 0 unspecified atom stereocenters. The lowest BCUT2D eigenvalue weighted by Crippen LogP contribution is -2.14. The summed E-state index contributed by atoms with van der Waals surface area (Å²) in [6, 6.07) is 0.441. The van der Waals surface area contributed by atoms with E-state index >= 15 is 0 Å². The van der Waals surface area contributed by atoms with Crippen molar-refractivity contribution >= 4 is 5.82 Å². The lowest BCUT2D eigenvalue weighted by molar-refractivity contribution is 0.0759. The van der Waals surface area contributed by atoms with Gasteiger partial charge in [-0.2, -0.15) is 9.37 Å². The molecule has 0 aliphatic rings. The molecule has 0 saturated carbocycles. The SMILES string of the molecule is COCCOCCNc1nc(F)c(F)cc1F. The Hall–Kier alpha value is -1.34. The van der Waals surface area contributed by atoms with Crippen molar-refractivity contribution in [2.24, 2.45) is 0 Å². The van der Waals surface area contributed by atoms with Crippen LogP contribution in [-0.2, 0) is 9.47 Å². The summed E-state index contributed by atoms with van der Waals surface area (Å²) >= 11 is 0. The van der Waals surface area contributed by atoms with Gasteiger partial charge in [0, 0.05) is 19.7 Å². The standard InChI is InChI=1S/C10H13F3N2O2/c1-16-4-5-17-3-2-14-10-8(12)6-7(11)9(13)15-10/h6H,2-5H2,1H3,(H,14,15). The highest BCUT2D eigenvalue weighted by Gasteiger charge is 2.10. The summed E-state index contributed by atoms with van der Waals surface area (Å²) in [6.45, 7) is 1.38. The Kier molecular flexibility index (Phi) is 5.71. The van der Waals surface area contributed by atoms with Gasteiger partial charge in [0.15, 0.2) is 17.5 Å². The molecule has 1 aromatic rings. The molecule has 7 heteroatoms. The highest BCUT2D eigenvalue weighted by molar-refractivity contribution is 5.35. The normalized spacial score (nSPS) is 10.6. The van der Waals surface area contributed by atoms with Crippen molar-refractivity contribution in [1.82, 2.24) is 4.98 Å². The zero-order chi connectivity index (χ0) is 12.7. The van der Waals surface area contributed by atoms with Crippen molar-refractivity contribution in [3.63, 3.8) is 0 Å². The van der Waals surface area contributed by atoms with Gasteiger partial charge in [0.05, 0.1) is 19.8 Å². The Morgan fingerprint density at radius 2 is 1.94 bits per heavy atom. The minimum atomic E-state index is -1.34. The van der Waals surface area contributed by atoms with Crippen LogP contribution in [0.4, 0.5) is 19.0 Å². The number of aromatic nitrogens is 1. The predicted octanol–water partition coefficient (Wildman–Crippen LogP) is 1.57. The van der Waals surface area contributed by atoms with Crippen LogP contribution in [0.25, 0.3) is 0 Å². The van der Waals surface area contributed by atoms with Crippen LogP contribution in [0.2, 0.25) is 0 Å². The van der Waals surface area contributed by atoms with Crippen molar-refractivity contribution in [3.05, 3.63) is 23.6 Å². The first-order valence-corrected chi connectivity index (χ1v) is 4.97. The van der Waals surface area contributed by atoms with Gasteiger partial charge in [-0.05, 0) is 0 Å². The number of hydrogen-bond acceptors (Lipinski definition) is 4. The van der Waals surface area contributed by atoms with E-state index in [1.54, 1.807) is 7.11 Å². The first-order valence-electron chi connectivity index (χ1n) is 4.97. The molecule has 0 aliphatic heterocycles. The molecule has 0 aliphatic carbocycles. The number of methoxy groups -OCH3 is 1. The molecular formula is C10H13F3N2O2. The molecule has 0 radical (unpaired) electrons. The number of anilines is 1. The van der Waals surface area contributed by atoms with Crippen molar-refractivity contribution < 1.29 is 22.6 Å². The minimum absolute atomic E-state index is 0.235. The number of rotatable bonds is 7. The Balaban J connectivity index is 2.34. The zero-order valence-corrected chi connectivity index (χ0v) is 9.30. The maximum Gasteiger partial charge on any atom is 0.251 e. The van der Waals surface area contributed by atoms with Gasteiger partial charge >= 0.3 is 0 Å². The number of hydrogen-bond donors (Lipinski definition) is 1. The van der Waals surface area contributed by atoms with Crippen LogP contribution in [0.15, 0.2) is 6.07 Å². The quantitative estimate of drug-likeness (QED) is 0.589. The van der Waals surface area contributed by atoms with E-state index in [1.165, 1.54) is 0 Å². The number of halogens is 3. The Bertz CT molecular complexity index is 364. The van der Waals surface area contributed by atoms with Crippen molar-refractivity contribution in [1.29, 1.82) is 0 Å². The molecule has 0 amide bonds. The van der Waals surface area contributed by atoms with E-state index in [-0.39, 0.29) is 19.0 Å². The summed E-state index contributed by atoms with van der Waals surface area (Å²) in [5, 5.41) is 2.50. The molecule has 1 N–H and O–H groups in total. The van der Waals surface area contributed by atoms with Gasteiger partial charge in [0.25, 0.3) is 5.95 Å². The third-order valence-electron chi connectivity index (χ3n) is 1.86. The number of nitrogens with zero attached hydrogens (tertiary/aromatic N) is 1. The fraction of sp³-hybridized carbons (Fsp3) is 0.500. The molecule has 0 bridgehead atoms. The Labute approximate surface area is 96.7 Å². The molecule has 0 saturated heterocycles. The van der Waals surface area contributed by atoms with E-state index in [9.17, 15) is 13.2 Å². The second-order valence-corrected chi connectivity index (χ2v) is 3.12. The van der Waals surface area contributed by atoms with Gasteiger partial charge in [0.1, 0.15) is 0 Å². The average molecular weight is 250 g/mol. The molecule has 1 rings (SSSR count). The van der Waals surface area contributed by atoms with Crippen molar-refractivity contribution in [3.8, 4) is 0 Å². The average Bonchev–Trinajstić information content (AvgIpc) is 2.30. The van der Waals surface area contributed by atoms with Crippen LogP contribution >= 0.6 is 0 Å². The van der Waals surface area contributed by atoms with Crippen LogP contribution in [0.5, 0.6) is 0 Å². The molecule has 0 aromatic carbocycles. The molecular weight excluding hydrogens is 237 g/mol. The number of pyridine rings is 1. The maximum atomic E-state index is 13.1. The second kappa shape index (κ2) is 7.08. The fourth-order valence-corrected chi connectivity index (χ4v) is 1.05. The topological polar surface area (TPSA) is 43.4 Å². The Morgan fingerprint density at radius 3 is 2.65 bits per heavy atom. The van der Waals surface area contributed by atoms with Crippen LogP contribution in [-0.4, -0.2) is 38.5 Å². The highest BCUT2D eigenvalue weighted by atomic mass is 19.2. The summed E-state index contributed by atoms with van der Waals surface area (Å²) in [4.78, 5) is 3.10. The third-order valence-corrected chi connectivity index (χ3v) is 1.86. The fourth-order valence-electron chi connectivity index (χ4n) is 1.05. The largest absolute Gasteiger partial charge is 0.382 e. The van der Waals surface area contributed by atoms with Gasteiger partial charge < -0.3 is 14.8 Å². The first kappa shape index (κ1) is 13.7. The lowest BCUT2D eigenvalue weighted by atomic mass is 10.4. The van der Waals surface area contributed by atoms with Crippen molar-refractivity contribution in [2.45, 2.75) is 0 Å². The van der Waals surface area contributed by atoms with E-state index in [4.69, 9.17) is 9.47 Å².